The highest BCUT2D eigenvalue weighted by atomic mass is 35.5. The lowest BCUT2D eigenvalue weighted by Gasteiger charge is -2.24. The summed E-state index contributed by atoms with van der Waals surface area (Å²) in [5, 5.41) is 11.8. The number of ether oxygens (including phenoxy) is 1. The molecular formula is C25H24ClNO2. The van der Waals surface area contributed by atoms with Crippen LogP contribution in [0.2, 0.25) is 5.02 Å². The molecule has 0 amide bonds. The summed E-state index contributed by atoms with van der Waals surface area (Å²) in [4.78, 5) is 0. The number of aliphatic hydroxyl groups excluding tert-OH is 1. The fourth-order valence-corrected chi connectivity index (χ4v) is 3.64. The summed E-state index contributed by atoms with van der Waals surface area (Å²) in [5.41, 5.74) is 3.76. The average Bonchev–Trinajstić information content (AvgIpc) is 3.15. The zero-order chi connectivity index (χ0) is 20.4. The molecule has 3 nitrogen and oxygen atoms in total. The summed E-state index contributed by atoms with van der Waals surface area (Å²) in [7, 11) is 0. The molecule has 1 N–H and O–H groups in total. The molecule has 4 aromatic rings. The molecule has 3 aromatic carbocycles. The fraction of sp³-hybridized carbons (Fsp3) is 0.200. The van der Waals surface area contributed by atoms with Crippen molar-refractivity contribution in [2.24, 2.45) is 0 Å². The first-order valence-electron chi connectivity index (χ1n) is 9.68. The second-order valence-electron chi connectivity index (χ2n) is 7.85. The number of benzene rings is 3. The van der Waals surface area contributed by atoms with Crippen molar-refractivity contribution in [1.29, 1.82) is 0 Å². The van der Waals surface area contributed by atoms with Crippen molar-refractivity contribution in [2.75, 3.05) is 6.61 Å². The first-order valence-corrected chi connectivity index (χ1v) is 10.1. The molecule has 0 spiro atoms. The van der Waals surface area contributed by atoms with Crippen LogP contribution in [-0.2, 0) is 12.0 Å². The number of nitrogens with zero attached hydrogens (tertiary/aromatic N) is 1. The van der Waals surface area contributed by atoms with Gasteiger partial charge in [-0.3, -0.25) is 0 Å². The van der Waals surface area contributed by atoms with E-state index < -0.39 is 5.41 Å². The second-order valence-corrected chi connectivity index (χ2v) is 8.28. The molecule has 0 aliphatic carbocycles. The molecule has 4 rings (SSSR count). The molecule has 0 atom stereocenters. The Morgan fingerprint density at radius 3 is 2.34 bits per heavy atom. The molecular weight excluding hydrogens is 382 g/mol. The lowest BCUT2D eigenvalue weighted by Crippen LogP contribution is -2.25. The predicted molar refractivity (Wildman–Crippen MR) is 119 cm³/mol. The van der Waals surface area contributed by atoms with Gasteiger partial charge in [-0.15, -0.1) is 0 Å². The number of halogens is 1. The normalized spacial score (nSPS) is 11.7. The summed E-state index contributed by atoms with van der Waals surface area (Å²) < 4.78 is 8.36. The maximum absolute atomic E-state index is 10.0. The topological polar surface area (TPSA) is 34.4 Å². The first kappa shape index (κ1) is 19.6. The third-order valence-corrected chi connectivity index (χ3v) is 5.47. The smallest absolute Gasteiger partial charge is 0.129 e. The Morgan fingerprint density at radius 2 is 1.66 bits per heavy atom. The summed E-state index contributed by atoms with van der Waals surface area (Å²) in [6.07, 6.45) is 0. The minimum atomic E-state index is -0.421. The van der Waals surface area contributed by atoms with Crippen molar-refractivity contribution in [3.8, 4) is 11.4 Å². The van der Waals surface area contributed by atoms with Crippen LogP contribution >= 0.6 is 11.6 Å². The van der Waals surface area contributed by atoms with Crippen LogP contribution in [0.3, 0.4) is 0 Å². The lowest BCUT2D eigenvalue weighted by molar-refractivity contribution is 0.214. The fourth-order valence-electron chi connectivity index (χ4n) is 3.51. The van der Waals surface area contributed by atoms with Gasteiger partial charge in [0.25, 0.3) is 0 Å². The van der Waals surface area contributed by atoms with Gasteiger partial charge in [0.15, 0.2) is 0 Å². The van der Waals surface area contributed by atoms with Crippen LogP contribution in [0.1, 0.15) is 25.1 Å². The van der Waals surface area contributed by atoms with Gasteiger partial charge in [0, 0.05) is 27.2 Å². The molecule has 0 saturated carbocycles. The van der Waals surface area contributed by atoms with Crippen molar-refractivity contribution in [3.05, 3.63) is 95.1 Å². The number of hydrogen-bond acceptors (Lipinski definition) is 2. The number of rotatable bonds is 6. The van der Waals surface area contributed by atoms with Crippen LogP contribution in [0, 0.1) is 0 Å². The number of fused-ring (bicyclic) bond motifs is 1. The minimum Gasteiger partial charge on any atom is -0.488 e. The molecule has 1 aromatic heterocycles. The van der Waals surface area contributed by atoms with Crippen LogP contribution in [0.15, 0.2) is 78.9 Å². The van der Waals surface area contributed by atoms with Crippen molar-refractivity contribution in [2.45, 2.75) is 25.9 Å². The average molecular weight is 406 g/mol. The Morgan fingerprint density at radius 1 is 0.931 bits per heavy atom. The molecule has 1 heterocycles. The highest BCUT2D eigenvalue weighted by Crippen LogP contribution is 2.37. The third-order valence-electron chi connectivity index (χ3n) is 5.22. The van der Waals surface area contributed by atoms with Gasteiger partial charge in [-0.2, -0.15) is 0 Å². The summed E-state index contributed by atoms with van der Waals surface area (Å²) in [5.74, 6) is 0.828. The van der Waals surface area contributed by atoms with Gasteiger partial charge in [-0.05, 0) is 48.0 Å². The zero-order valence-electron chi connectivity index (χ0n) is 16.6. The molecule has 0 radical (unpaired) electrons. The van der Waals surface area contributed by atoms with E-state index in [1.165, 1.54) is 0 Å². The van der Waals surface area contributed by atoms with Crippen LogP contribution < -0.4 is 4.74 Å². The van der Waals surface area contributed by atoms with Crippen LogP contribution in [0.4, 0.5) is 0 Å². The zero-order valence-corrected chi connectivity index (χ0v) is 17.4. The Balaban J connectivity index is 1.84. The standard InChI is InChI=1S/C25H24ClNO2/c1-25(2,17-28)24-15-21-22(27(24)20-13-11-19(26)12-14-20)9-6-10-23(21)29-16-18-7-4-3-5-8-18/h3-15,28H,16-17H2,1-2H3. The number of hydrogen-bond donors (Lipinski definition) is 1. The summed E-state index contributed by atoms with van der Waals surface area (Å²) in [6.45, 7) is 4.62. The number of aromatic nitrogens is 1. The van der Waals surface area contributed by atoms with Crippen molar-refractivity contribution >= 4 is 22.5 Å². The molecule has 0 aliphatic rings. The second kappa shape index (κ2) is 7.94. The van der Waals surface area contributed by atoms with Crippen LogP contribution in [0.5, 0.6) is 5.75 Å². The van der Waals surface area contributed by atoms with Gasteiger partial charge in [-0.1, -0.05) is 61.8 Å². The van der Waals surface area contributed by atoms with E-state index in [0.717, 1.165) is 33.6 Å². The molecule has 0 unspecified atom stereocenters. The SMILES string of the molecule is CC(C)(CO)c1cc2c(OCc3ccccc3)cccc2n1-c1ccc(Cl)cc1. The Labute approximate surface area is 176 Å². The van der Waals surface area contributed by atoms with E-state index in [4.69, 9.17) is 16.3 Å². The van der Waals surface area contributed by atoms with E-state index in [-0.39, 0.29) is 6.61 Å². The van der Waals surface area contributed by atoms with Crippen molar-refractivity contribution in [3.63, 3.8) is 0 Å². The van der Waals surface area contributed by atoms with Gasteiger partial charge in [-0.25, -0.2) is 0 Å². The predicted octanol–water partition coefficient (Wildman–Crippen LogP) is 6.13. The molecule has 0 aliphatic heterocycles. The van der Waals surface area contributed by atoms with E-state index in [2.05, 4.69) is 28.8 Å². The molecule has 4 heteroatoms. The van der Waals surface area contributed by atoms with Crippen molar-refractivity contribution in [1.82, 2.24) is 4.57 Å². The third kappa shape index (κ3) is 3.89. The highest BCUT2D eigenvalue weighted by Gasteiger charge is 2.27. The van der Waals surface area contributed by atoms with Crippen LogP contribution in [-0.4, -0.2) is 16.3 Å². The van der Waals surface area contributed by atoms with Gasteiger partial charge in [0.1, 0.15) is 12.4 Å². The Kier molecular flexibility index (Phi) is 5.35. The number of aliphatic hydroxyl groups is 1. The summed E-state index contributed by atoms with van der Waals surface area (Å²) in [6, 6.07) is 26.1. The monoisotopic (exact) mass is 405 g/mol. The van der Waals surface area contributed by atoms with Gasteiger partial charge in [0.2, 0.25) is 0 Å². The van der Waals surface area contributed by atoms with E-state index in [1.54, 1.807) is 0 Å². The molecule has 0 bridgehead atoms. The van der Waals surface area contributed by atoms with Gasteiger partial charge in [0.05, 0.1) is 12.1 Å². The highest BCUT2D eigenvalue weighted by molar-refractivity contribution is 6.30. The maximum Gasteiger partial charge on any atom is 0.129 e. The lowest BCUT2D eigenvalue weighted by atomic mass is 9.90. The van der Waals surface area contributed by atoms with E-state index >= 15 is 0 Å². The van der Waals surface area contributed by atoms with E-state index in [1.807, 2.05) is 68.4 Å². The Bertz CT molecular complexity index is 1110. The largest absolute Gasteiger partial charge is 0.488 e. The first-order chi connectivity index (χ1) is 14.0. The van der Waals surface area contributed by atoms with E-state index in [9.17, 15) is 5.11 Å². The maximum atomic E-state index is 10.0. The van der Waals surface area contributed by atoms with Crippen LogP contribution in [0.25, 0.3) is 16.6 Å². The molecule has 29 heavy (non-hydrogen) atoms. The van der Waals surface area contributed by atoms with Gasteiger partial charge < -0.3 is 14.4 Å². The Hall–Kier alpha value is -2.75. The molecule has 148 valence electrons. The molecule has 0 saturated heterocycles. The molecule has 0 fully saturated rings. The van der Waals surface area contributed by atoms with E-state index in [0.29, 0.717) is 11.6 Å². The quantitative estimate of drug-likeness (QED) is 0.418. The van der Waals surface area contributed by atoms with Gasteiger partial charge >= 0.3 is 0 Å². The van der Waals surface area contributed by atoms with Crippen molar-refractivity contribution < 1.29 is 9.84 Å². The summed E-state index contributed by atoms with van der Waals surface area (Å²) >= 11 is 6.10. The minimum absolute atomic E-state index is 0.0388.